The molecule has 2 fully saturated rings. The molecule has 0 aliphatic carbocycles. The van der Waals surface area contributed by atoms with Crippen LogP contribution in [-0.4, -0.2) is 25.3 Å². The molecule has 0 saturated carbocycles. The van der Waals surface area contributed by atoms with Crippen molar-refractivity contribution in [3.8, 4) is 0 Å². The SMILES string of the molecule is COC(=O)C1C2CCC(O2)C1c1ccc(Cl)c(Cl)c1. The minimum Gasteiger partial charge on any atom is -0.469 e. The molecule has 1 aromatic carbocycles. The Kier molecular flexibility index (Phi) is 3.46. The van der Waals surface area contributed by atoms with E-state index >= 15 is 0 Å². The molecule has 3 nitrogen and oxygen atoms in total. The maximum absolute atomic E-state index is 12.0. The van der Waals surface area contributed by atoms with Crippen molar-refractivity contribution in [2.24, 2.45) is 5.92 Å². The van der Waals surface area contributed by atoms with Crippen molar-refractivity contribution >= 4 is 29.2 Å². The van der Waals surface area contributed by atoms with Gasteiger partial charge in [-0.2, -0.15) is 0 Å². The largest absolute Gasteiger partial charge is 0.469 e. The maximum atomic E-state index is 12.0. The summed E-state index contributed by atoms with van der Waals surface area (Å²) in [6, 6.07) is 5.51. The topological polar surface area (TPSA) is 35.5 Å². The summed E-state index contributed by atoms with van der Waals surface area (Å²) >= 11 is 12.0. The highest BCUT2D eigenvalue weighted by atomic mass is 35.5. The highest BCUT2D eigenvalue weighted by molar-refractivity contribution is 6.42. The number of esters is 1. The zero-order chi connectivity index (χ0) is 13.6. The van der Waals surface area contributed by atoms with Crippen molar-refractivity contribution < 1.29 is 14.3 Å². The van der Waals surface area contributed by atoms with Gasteiger partial charge in [-0.1, -0.05) is 29.3 Å². The lowest BCUT2D eigenvalue weighted by Crippen LogP contribution is -2.32. The molecule has 0 N–H and O–H groups in total. The Hall–Kier alpha value is -0.770. The van der Waals surface area contributed by atoms with Gasteiger partial charge in [0.05, 0.1) is 35.3 Å². The number of rotatable bonds is 2. The van der Waals surface area contributed by atoms with Crippen LogP contribution in [0.1, 0.15) is 24.3 Å². The monoisotopic (exact) mass is 300 g/mol. The number of halogens is 2. The molecule has 2 heterocycles. The Morgan fingerprint density at radius 3 is 2.68 bits per heavy atom. The number of ether oxygens (including phenoxy) is 2. The molecule has 4 atom stereocenters. The lowest BCUT2D eigenvalue weighted by molar-refractivity contribution is -0.147. The van der Waals surface area contributed by atoms with Crippen LogP contribution in [0.25, 0.3) is 0 Å². The number of carbonyl (C=O) groups excluding carboxylic acids is 1. The highest BCUT2D eigenvalue weighted by Crippen LogP contribution is 2.49. The van der Waals surface area contributed by atoms with Crippen LogP contribution in [0, 0.1) is 5.92 Å². The van der Waals surface area contributed by atoms with Crippen LogP contribution in [0.2, 0.25) is 10.0 Å². The van der Waals surface area contributed by atoms with E-state index in [1.165, 1.54) is 7.11 Å². The van der Waals surface area contributed by atoms with E-state index in [-0.39, 0.29) is 30.0 Å². The number of fused-ring (bicyclic) bond motifs is 2. The van der Waals surface area contributed by atoms with Gasteiger partial charge in [-0.25, -0.2) is 0 Å². The van der Waals surface area contributed by atoms with Crippen LogP contribution in [0.15, 0.2) is 18.2 Å². The fraction of sp³-hybridized carbons (Fsp3) is 0.500. The average molecular weight is 301 g/mol. The first-order chi connectivity index (χ1) is 9.11. The molecule has 4 unspecified atom stereocenters. The van der Waals surface area contributed by atoms with Crippen molar-refractivity contribution in [3.63, 3.8) is 0 Å². The van der Waals surface area contributed by atoms with Gasteiger partial charge in [-0.3, -0.25) is 4.79 Å². The highest BCUT2D eigenvalue weighted by Gasteiger charge is 2.53. The summed E-state index contributed by atoms with van der Waals surface area (Å²) in [5.41, 5.74) is 0.997. The summed E-state index contributed by atoms with van der Waals surface area (Å²) in [6.07, 6.45) is 1.94. The van der Waals surface area contributed by atoms with Crippen LogP contribution >= 0.6 is 23.2 Å². The summed E-state index contributed by atoms with van der Waals surface area (Å²) in [6.45, 7) is 0. The van der Waals surface area contributed by atoms with Crippen LogP contribution in [0.4, 0.5) is 0 Å². The number of hydrogen-bond donors (Lipinski definition) is 0. The second-order valence-corrected chi connectivity index (χ2v) is 5.85. The quantitative estimate of drug-likeness (QED) is 0.785. The van der Waals surface area contributed by atoms with Gasteiger partial charge in [0.2, 0.25) is 0 Å². The zero-order valence-electron chi connectivity index (χ0n) is 10.4. The van der Waals surface area contributed by atoms with Crippen LogP contribution in [0.5, 0.6) is 0 Å². The Bertz CT molecular complexity index is 517. The molecule has 2 aliphatic rings. The second-order valence-electron chi connectivity index (χ2n) is 5.04. The molecule has 3 rings (SSSR count). The van der Waals surface area contributed by atoms with E-state index in [0.29, 0.717) is 10.0 Å². The molecule has 5 heteroatoms. The minimum absolute atomic E-state index is 0.0148. The molecule has 2 saturated heterocycles. The fourth-order valence-corrected chi connectivity index (χ4v) is 3.56. The van der Waals surface area contributed by atoms with Gasteiger partial charge in [0, 0.05) is 5.92 Å². The molecule has 2 aliphatic heterocycles. The molecule has 1 aromatic rings. The van der Waals surface area contributed by atoms with Gasteiger partial charge in [0.1, 0.15) is 0 Å². The van der Waals surface area contributed by atoms with Crippen LogP contribution < -0.4 is 0 Å². The first-order valence-electron chi connectivity index (χ1n) is 6.30. The minimum atomic E-state index is -0.235. The normalized spacial score (nSPS) is 32.6. The molecule has 2 bridgehead atoms. The van der Waals surface area contributed by atoms with E-state index < -0.39 is 0 Å². The van der Waals surface area contributed by atoms with E-state index in [2.05, 4.69) is 0 Å². The standard InChI is InChI=1S/C14H14Cl2O3/c1-18-14(17)13-11-5-4-10(19-11)12(13)7-2-3-8(15)9(16)6-7/h2-3,6,10-13H,4-5H2,1H3. The third-order valence-corrected chi connectivity index (χ3v) is 4.81. The zero-order valence-corrected chi connectivity index (χ0v) is 11.9. The number of methoxy groups -OCH3 is 1. The van der Waals surface area contributed by atoms with Gasteiger partial charge in [-0.15, -0.1) is 0 Å². The van der Waals surface area contributed by atoms with Gasteiger partial charge in [0.25, 0.3) is 0 Å². The Balaban J connectivity index is 1.97. The van der Waals surface area contributed by atoms with E-state index in [4.69, 9.17) is 32.7 Å². The van der Waals surface area contributed by atoms with E-state index in [0.717, 1.165) is 18.4 Å². The Morgan fingerprint density at radius 1 is 1.26 bits per heavy atom. The molecule has 0 aromatic heterocycles. The fourth-order valence-electron chi connectivity index (χ4n) is 3.26. The number of hydrogen-bond acceptors (Lipinski definition) is 3. The summed E-state index contributed by atoms with van der Waals surface area (Å²) in [7, 11) is 1.42. The predicted octanol–water partition coefficient (Wildman–Crippen LogP) is 3.43. The predicted molar refractivity (Wildman–Crippen MR) is 72.6 cm³/mol. The number of benzene rings is 1. The molecular weight excluding hydrogens is 287 g/mol. The van der Waals surface area contributed by atoms with Crippen molar-refractivity contribution in [2.75, 3.05) is 7.11 Å². The number of carbonyl (C=O) groups is 1. The summed E-state index contributed by atoms with van der Waals surface area (Å²) in [5, 5.41) is 1.02. The van der Waals surface area contributed by atoms with Crippen LogP contribution in [0.3, 0.4) is 0 Å². The first-order valence-corrected chi connectivity index (χ1v) is 7.05. The average Bonchev–Trinajstić information content (AvgIpc) is 3.01. The molecule has 19 heavy (non-hydrogen) atoms. The summed E-state index contributed by atoms with van der Waals surface area (Å²) in [4.78, 5) is 12.0. The third-order valence-electron chi connectivity index (χ3n) is 4.08. The lowest BCUT2D eigenvalue weighted by Gasteiger charge is -2.26. The van der Waals surface area contributed by atoms with Crippen molar-refractivity contribution in [1.29, 1.82) is 0 Å². The van der Waals surface area contributed by atoms with Gasteiger partial charge >= 0.3 is 5.97 Å². The lowest BCUT2D eigenvalue weighted by atomic mass is 9.75. The second kappa shape index (κ2) is 4.97. The molecule has 0 spiro atoms. The molecule has 102 valence electrons. The molecule has 0 radical (unpaired) electrons. The van der Waals surface area contributed by atoms with Crippen LogP contribution in [-0.2, 0) is 14.3 Å². The summed E-state index contributed by atoms with van der Waals surface area (Å²) in [5.74, 6) is -0.426. The summed E-state index contributed by atoms with van der Waals surface area (Å²) < 4.78 is 10.8. The van der Waals surface area contributed by atoms with E-state index in [1.54, 1.807) is 6.07 Å². The van der Waals surface area contributed by atoms with E-state index in [1.807, 2.05) is 12.1 Å². The van der Waals surface area contributed by atoms with Crippen molar-refractivity contribution in [1.82, 2.24) is 0 Å². The smallest absolute Gasteiger partial charge is 0.312 e. The van der Waals surface area contributed by atoms with Gasteiger partial charge < -0.3 is 9.47 Å². The Morgan fingerprint density at radius 2 is 2.00 bits per heavy atom. The first kappa shape index (κ1) is 13.2. The maximum Gasteiger partial charge on any atom is 0.312 e. The third kappa shape index (κ3) is 2.14. The molecule has 0 amide bonds. The van der Waals surface area contributed by atoms with Crippen molar-refractivity contribution in [2.45, 2.75) is 31.0 Å². The molecular formula is C14H14Cl2O3. The van der Waals surface area contributed by atoms with E-state index in [9.17, 15) is 4.79 Å². The Labute approximate surface area is 121 Å². The van der Waals surface area contributed by atoms with Crippen molar-refractivity contribution in [3.05, 3.63) is 33.8 Å². The van der Waals surface area contributed by atoms with Gasteiger partial charge in [0.15, 0.2) is 0 Å². The van der Waals surface area contributed by atoms with Gasteiger partial charge in [-0.05, 0) is 30.5 Å².